The van der Waals surface area contributed by atoms with Crippen LogP contribution in [0.3, 0.4) is 0 Å². The average molecular weight is 1040 g/mol. The van der Waals surface area contributed by atoms with Gasteiger partial charge in [-0.2, -0.15) is 10.2 Å². The van der Waals surface area contributed by atoms with Crippen molar-refractivity contribution in [2.24, 2.45) is 5.73 Å². The van der Waals surface area contributed by atoms with Crippen LogP contribution in [0.1, 0.15) is 104 Å². The summed E-state index contributed by atoms with van der Waals surface area (Å²) in [5.41, 5.74) is 13.8. The lowest BCUT2D eigenvalue weighted by molar-refractivity contribution is 0.102. The predicted molar refractivity (Wildman–Crippen MR) is 287 cm³/mol. The van der Waals surface area contributed by atoms with Crippen molar-refractivity contribution in [2.75, 3.05) is 36.8 Å². The fraction of sp³-hybridized carbons (Fsp3) is 0.408. The number of ether oxygens (including phenoxy) is 2. The number of carbonyl (C=O) groups excluding carboxylic acids is 1. The number of imidazole rings is 2. The van der Waals surface area contributed by atoms with Crippen LogP contribution in [0.15, 0.2) is 79.0 Å². The number of nitrogens with two attached hydrogens (primary N) is 1. The number of Topliss-reactive ketones (excluding diaryl/α,β-unsaturated/α-hetero) is 1. The number of halogens is 1. The molecule has 5 heterocycles. The molecule has 5 N–H and O–H groups in total. The molecule has 0 saturated carbocycles. The highest BCUT2D eigenvalue weighted by atomic mass is 79.9. The Morgan fingerprint density at radius 2 is 1.31 bits per heavy atom. The third-order valence-electron chi connectivity index (χ3n) is 9.76. The Hall–Kier alpha value is -5.89. The summed E-state index contributed by atoms with van der Waals surface area (Å²) in [4.78, 5) is 24.9. The number of thiocarbonyl (C=S) groups is 1. The maximum atomic E-state index is 11.6. The maximum absolute atomic E-state index is 11.6. The van der Waals surface area contributed by atoms with E-state index in [2.05, 4.69) is 108 Å². The van der Waals surface area contributed by atoms with E-state index in [1.165, 1.54) is 0 Å². The van der Waals surface area contributed by atoms with Crippen molar-refractivity contribution in [3.8, 4) is 34.1 Å². The van der Waals surface area contributed by atoms with Crippen molar-refractivity contribution in [3.05, 3.63) is 107 Å². The zero-order valence-electron chi connectivity index (χ0n) is 40.8. The monoisotopic (exact) mass is 1030 g/mol. The normalized spacial score (nSPS) is 10.9. The average Bonchev–Trinajstić information content (AvgIpc) is 4.15. The fourth-order valence-electron chi connectivity index (χ4n) is 6.25. The van der Waals surface area contributed by atoms with Gasteiger partial charge < -0.3 is 40.1 Å². The molecule has 7 rings (SSSR count). The lowest BCUT2D eigenvalue weighted by atomic mass is 9.92. The fourth-order valence-corrected chi connectivity index (χ4v) is 7.40. The quantitative estimate of drug-likeness (QED) is 0.0514. The van der Waals surface area contributed by atoms with Crippen LogP contribution in [-0.4, -0.2) is 85.8 Å². The molecule has 0 amide bonds. The number of carbonyl (C=O) groups is 1. The lowest BCUT2D eigenvalue weighted by Crippen LogP contribution is -2.21. The van der Waals surface area contributed by atoms with Gasteiger partial charge >= 0.3 is 0 Å². The Bertz CT molecular complexity index is 2710. The number of aromatic nitrogens is 9. The van der Waals surface area contributed by atoms with Gasteiger partial charge in [-0.1, -0.05) is 71.0 Å². The summed E-state index contributed by atoms with van der Waals surface area (Å²) < 4.78 is 18.6. The smallest absolute Gasteiger partial charge is 0.188 e. The number of benzene rings is 2. The van der Waals surface area contributed by atoms with Crippen LogP contribution in [-0.2, 0) is 23.9 Å². The predicted octanol–water partition coefficient (Wildman–Crippen LogP) is 11.1. The molecule has 0 aliphatic rings. The molecule has 0 bridgehead atoms. The summed E-state index contributed by atoms with van der Waals surface area (Å²) in [7, 11) is 3.27. The molecule has 7 aromatic rings. The van der Waals surface area contributed by atoms with Crippen LogP contribution in [0.25, 0.3) is 22.6 Å². The summed E-state index contributed by atoms with van der Waals surface area (Å²) in [6.07, 6.45) is 7.40. The van der Waals surface area contributed by atoms with Crippen LogP contribution in [0, 0.1) is 13.8 Å². The number of aliphatic hydroxyl groups excluding tert-OH is 1. The summed E-state index contributed by atoms with van der Waals surface area (Å²) in [6, 6.07) is 15.6. The third kappa shape index (κ3) is 15.3. The Morgan fingerprint density at radius 1 is 0.824 bits per heavy atom. The molecular formula is C49H71BrN12O4S2. The zero-order chi connectivity index (χ0) is 49.6. The van der Waals surface area contributed by atoms with Crippen molar-refractivity contribution in [3.63, 3.8) is 0 Å². The molecule has 0 aliphatic heterocycles. The van der Waals surface area contributed by atoms with Crippen molar-refractivity contribution in [1.82, 2.24) is 43.6 Å². The highest BCUT2D eigenvalue weighted by Gasteiger charge is 2.21. The second-order valence-electron chi connectivity index (χ2n) is 17.1. The van der Waals surface area contributed by atoms with Gasteiger partial charge in [0.05, 0.1) is 72.0 Å². The number of thiazole rings is 1. The van der Waals surface area contributed by atoms with Gasteiger partial charge in [0.25, 0.3) is 0 Å². The Kier molecular flexibility index (Phi) is 21.1. The van der Waals surface area contributed by atoms with Gasteiger partial charge in [0.15, 0.2) is 16.0 Å². The van der Waals surface area contributed by atoms with Gasteiger partial charge in [-0.25, -0.2) is 24.3 Å². The minimum Gasteiger partial charge on any atom is -0.495 e. The first-order chi connectivity index (χ1) is 31.7. The van der Waals surface area contributed by atoms with Gasteiger partial charge in [-0.15, -0.1) is 11.3 Å². The topological polar surface area (TPSA) is 190 Å². The number of nitrogens with zero attached hydrogens (tertiary/aromatic N) is 9. The standard InChI is InChI=1S/C23H28N6OS.C13H13BrN2O2.C10H18N4S.C2H6O.CH4.H2/c1-7-29-21(11-20(27-29)23(3,4)5)26-22-25-17(13-31-22)16-8-9-18(19(10-16)30-6)28-12-15(2)24-14-28;1-9-7-16(8-15-9)11-4-3-10(12(17)6-14)5-13(11)18-2;1-5-14-8(12-9(11)15)6-7(13-14)10(2,3)4;1-2-3;;/h8-14H,7H2,1-6H3,(H,25,26);3-5,7-8H,6H2,1-2H3;6H,5H2,1-4H3,(H3,11,12,15);3H,2H2,1H3;1H4;1H. The number of rotatable bonds is 12. The number of hydrogen-bond acceptors (Lipinski definition) is 12. The summed E-state index contributed by atoms with van der Waals surface area (Å²) >= 11 is 9.55. The molecule has 68 heavy (non-hydrogen) atoms. The Morgan fingerprint density at radius 3 is 1.75 bits per heavy atom. The molecule has 0 radical (unpaired) electrons. The largest absolute Gasteiger partial charge is 0.495 e. The molecule has 0 fully saturated rings. The SMILES string of the molecule is C.CCO.CCn1nc(C(C)(C)C)cc1NC(N)=S.CCn1nc(C(C)(C)C)cc1Nc1nc(-c2ccc(-n3cnc(C)c3)c(OC)c2)cs1.COc1cc(C(=O)CBr)ccc1-n1cnc(C)c1.[HH]. The summed E-state index contributed by atoms with van der Waals surface area (Å²) in [6.45, 7) is 24.4. The number of aliphatic hydroxyl groups is 1. The first-order valence-electron chi connectivity index (χ1n) is 21.7. The van der Waals surface area contributed by atoms with Crippen molar-refractivity contribution < 1.29 is 20.8 Å². The Labute approximate surface area is 421 Å². The van der Waals surface area contributed by atoms with Crippen molar-refractivity contribution in [2.45, 2.75) is 108 Å². The van der Waals surface area contributed by atoms with Crippen LogP contribution < -0.4 is 25.8 Å². The van der Waals surface area contributed by atoms with Crippen LogP contribution in [0.5, 0.6) is 11.5 Å². The van der Waals surface area contributed by atoms with E-state index in [-0.39, 0.29) is 37.2 Å². The van der Waals surface area contributed by atoms with Gasteiger partial charge in [-0.05, 0) is 77.2 Å². The van der Waals surface area contributed by atoms with Crippen LogP contribution in [0.4, 0.5) is 16.8 Å². The zero-order valence-corrected chi connectivity index (χ0v) is 44.0. The second kappa shape index (κ2) is 25.5. The first-order valence-corrected chi connectivity index (χ1v) is 24.1. The molecule has 2 aromatic carbocycles. The summed E-state index contributed by atoms with van der Waals surface area (Å²) in [5.74, 6) is 3.27. The van der Waals surface area contributed by atoms with Gasteiger partial charge in [-0.3, -0.25) is 4.79 Å². The number of aryl methyl sites for hydroxylation is 4. The molecule has 0 spiro atoms. The van der Waals surface area contributed by atoms with Gasteiger partial charge in [0, 0.05) is 73.0 Å². The number of hydrogen-bond donors (Lipinski definition) is 4. The Balaban J connectivity index is 0.000000368. The number of methoxy groups -OCH3 is 2. The number of alkyl halides is 1. The van der Waals surface area contributed by atoms with E-state index >= 15 is 0 Å². The number of anilines is 3. The molecule has 0 unspecified atom stereocenters. The maximum Gasteiger partial charge on any atom is 0.188 e. The molecule has 0 aliphatic carbocycles. The van der Waals surface area contributed by atoms with Crippen LogP contribution in [0.2, 0.25) is 0 Å². The van der Waals surface area contributed by atoms with Crippen LogP contribution >= 0.6 is 39.5 Å². The molecule has 370 valence electrons. The molecule has 0 saturated heterocycles. The van der Waals surface area contributed by atoms with Crippen molar-refractivity contribution in [1.29, 1.82) is 0 Å². The van der Waals surface area contributed by atoms with E-state index < -0.39 is 0 Å². The minimum absolute atomic E-state index is 0. The molecule has 0 atom stereocenters. The van der Waals surface area contributed by atoms with E-state index in [1.807, 2.05) is 75.9 Å². The molecule has 19 heteroatoms. The van der Waals surface area contributed by atoms with E-state index in [4.69, 9.17) is 42.6 Å². The number of ketones is 1. The minimum atomic E-state index is -0.00301. The molecule has 5 aromatic heterocycles. The highest BCUT2D eigenvalue weighted by molar-refractivity contribution is 9.09. The van der Waals surface area contributed by atoms with E-state index in [0.717, 1.165) is 81.0 Å². The van der Waals surface area contributed by atoms with E-state index in [9.17, 15) is 4.79 Å². The van der Waals surface area contributed by atoms with Gasteiger partial charge in [0.1, 0.15) is 23.1 Å². The third-order valence-corrected chi connectivity index (χ3v) is 11.1. The van der Waals surface area contributed by atoms with Gasteiger partial charge in [0.2, 0.25) is 0 Å². The first kappa shape index (κ1) is 56.4. The lowest BCUT2D eigenvalue weighted by Gasteiger charge is -2.13. The van der Waals surface area contributed by atoms with E-state index in [1.54, 1.807) is 57.3 Å². The highest BCUT2D eigenvalue weighted by Crippen LogP contribution is 2.34. The van der Waals surface area contributed by atoms with Crippen molar-refractivity contribution >= 4 is 67.1 Å². The molecule has 16 nitrogen and oxygen atoms in total. The molecular weight excluding hydrogens is 965 g/mol. The second-order valence-corrected chi connectivity index (χ2v) is 19.0. The summed E-state index contributed by atoms with van der Waals surface area (Å²) in [5, 5.41) is 26.6. The number of nitrogens with one attached hydrogen (secondary N) is 2. The van der Waals surface area contributed by atoms with E-state index in [0.29, 0.717) is 16.6 Å².